The molecule has 3 aromatic heterocycles. The summed E-state index contributed by atoms with van der Waals surface area (Å²) in [6.45, 7) is 32.2. The van der Waals surface area contributed by atoms with Gasteiger partial charge in [0.15, 0.2) is 11.4 Å². The van der Waals surface area contributed by atoms with E-state index in [-0.39, 0.29) is 37.6 Å². The molecular weight excluding hydrogens is 880 g/mol. The quantitative estimate of drug-likeness (QED) is 0.0399. The number of ether oxygens (including phenoxy) is 4. The van der Waals surface area contributed by atoms with Crippen molar-refractivity contribution in [3.05, 3.63) is 48.1 Å². The number of alkyl halides is 3. The molecule has 13 nitrogen and oxygen atoms in total. The number of carbonyl (C=O) groups excluding carboxylic acids is 1. The molecule has 0 saturated carbocycles. The highest BCUT2D eigenvalue weighted by Gasteiger charge is 2.47. The Morgan fingerprint density at radius 3 is 1.98 bits per heavy atom. The van der Waals surface area contributed by atoms with Gasteiger partial charge in [0.1, 0.15) is 41.6 Å². The molecule has 4 atom stereocenters. The van der Waals surface area contributed by atoms with Crippen molar-refractivity contribution < 1.29 is 41.1 Å². The van der Waals surface area contributed by atoms with Crippen LogP contribution in [0.25, 0.3) is 22.5 Å². The molecule has 3 aromatic rings. The van der Waals surface area contributed by atoms with Gasteiger partial charge in [-0.05, 0) is 92.3 Å². The molecule has 0 radical (unpaired) electrons. The zero-order valence-electron chi connectivity index (χ0n) is 40.1. The maximum Gasteiger partial charge on any atom is 0.436 e. The molecule has 0 spiro atoms. The summed E-state index contributed by atoms with van der Waals surface area (Å²) in [7, 11) is -5.06. The second-order valence-corrected chi connectivity index (χ2v) is 34.4. The van der Waals surface area contributed by atoms with Crippen LogP contribution in [0.3, 0.4) is 0 Å². The van der Waals surface area contributed by atoms with Crippen LogP contribution in [0.5, 0.6) is 0 Å². The largest absolute Gasteiger partial charge is 0.494 e. The van der Waals surface area contributed by atoms with Crippen LogP contribution in [0.15, 0.2) is 35.5 Å². The lowest BCUT2D eigenvalue weighted by atomic mass is 9.85. The summed E-state index contributed by atoms with van der Waals surface area (Å²) in [5.74, 6) is 0.841. The number of anilines is 1. The van der Waals surface area contributed by atoms with Gasteiger partial charge in [-0.1, -0.05) is 51.9 Å². The molecule has 5 heterocycles. The molecule has 2 fully saturated rings. The molecule has 5 rings (SSSR count). The first-order chi connectivity index (χ1) is 29.6. The lowest BCUT2D eigenvalue weighted by Crippen LogP contribution is -2.48. The Labute approximate surface area is 382 Å². The Bertz CT molecular complexity index is 2140. The van der Waals surface area contributed by atoms with E-state index in [0.29, 0.717) is 72.3 Å². The summed E-state index contributed by atoms with van der Waals surface area (Å²) < 4.78 is 85.2. The van der Waals surface area contributed by atoms with E-state index >= 15 is 0 Å². The molecule has 0 aromatic carbocycles. The zero-order chi connectivity index (χ0) is 47.6. The van der Waals surface area contributed by atoms with Gasteiger partial charge in [0, 0.05) is 64.7 Å². The molecule has 2 unspecified atom stereocenters. The first-order valence-electron chi connectivity index (χ1n) is 22.3. The molecule has 2 saturated heterocycles. The maximum atomic E-state index is 14.4. The highest BCUT2D eigenvalue weighted by Crippen LogP contribution is 2.47. The van der Waals surface area contributed by atoms with E-state index in [9.17, 15) is 22.2 Å². The fraction of sp³-hybridized carbons (Fsp3) is 0.667. The molecule has 2 aliphatic heterocycles. The van der Waals surface area contributed by atoms with Crippen LogP contribution in [0.1, 0.15) is 97.0 Å². The fourth-order valence-electron chi connectivity index (χ4n) is 7.74. The third-order valence-electron chi connectivity index (χ3n) is 11.0. The minimum atomic E-state index is -4.90. The Morgan fingerprint density at radius 2 is 1.52 bits per heavy atom. The van der Waals surface area contributed by atoms with E-state index in [2.05, 4.69) is 55.2 Å². The van der Waals surface area contributed by atoms with Gasteiger partial charge in [0.2, 0.25) is 0 Å². The van der Waals surface area contributed by atoms with Crippen molar-refractivity contribution in [2.75, 3.05) is 38.2 Å². The van der Waals surface area contributed by atoms with Gasteiger partial charge in [0.05, 0.1) is 34.5 Å². The molecule has 1 amide bonds. The van der Waals surface area contributed by atoms with Crippen molar-refractivity contribution >= 4 is 56.2 Å². The number of hydrogen-bond donors (Lipinski definition) is 0. The predicted octanol–water partition coefficient (Wildman–Crippen LogP) is 10.7. The highest BCUT2D eigenvalue weighted by atomic mass is 32.2. The first-order valence-corrected chi connectivity index (χ1v) is 30.8. The molecule has 0 N–H and O–H groups in total. The number of hydrogen-bond acceptors (Lipinski definition) is 10. The highest BCUT2D eigenvalue weighted by molar-refractivity contribution is 7.85. The molecule has 64 heavy (non-hydrogen) atoms. The molecule has 2 bridgehead atoms. The van der Waals surface area contributed by atoms with Crippen LogP contribution in [-0.4, -0.2) is 119 Å². The van der Waals surface area contributed by atoms with Gasteiger partial charge >= 0.3 is 12.3 Å². The normalized spacial score (nSPS) is 19.3. The Balaban J connectivity index is 1.70. The predicted molar refractivity (Wildman–Crippen MR) is 255 cm³/mol. The molecular formula is C45H70F3N7O6SSi2. The number of amides is 1. The van der Waals surface area contributed by atoms with Gasteiger partial charge in [0.25, 0.3) is 0 Å². The number of halogens is 3. The van der Waals surface area contributed by atoms with Gasteiger partial charge in [-0.2, -0.15) is 27.2 Å². The topological polar surface area (TPSA) is 133 Å². The number of carbonyl (C=O) groups is 1. The number of piperidine rings is 1. The van der Waals surface area contributed by atoms with E-state index in [1.165, 1.54) is 18.3 Å². The lowest BCUT2D eigenvalue weighted by molar-refractivity contribution is -0.0580. The van der Waals surface area contributed by atoms with Crippen LogP contribution >= 0.6 is 0 Å². The second kappa shape index (κ2) is 20.1. The monoisotopic (exact) mass is 949 g/mol. The van der Waals surface area contributed by atoms with Gasteiger partial charge in [-0.15, -0.1) is 0 Å². The van der Waals surface area contributed by atoms with E-state index in [0.717, 1.165) is 24.9 Å². The Kier molecular flexibility index (Phi) is 16.1. The second-order valence-electron chi connectivity index (χ2n) is 21.3. The SMILES string of the molecule is C=C(OCC)c1c(C2C[C@H]3CC[C@@H](C2)N3C(=O)OC(C)(C)C)nc2c(-c3ccc(C(=NS(=O)C(C)(C)C)C(F)(F)F)nc3)cnn2c1N(COCC[Si](C)(C)C)COCC[Si](C)(C)C. The summed E-state index contributed by atoms with van der Waals surface area (Å²) in [6.07, 6.45) is 0.593. The first kappa shape index (κ1) is 51.3. The van der Waals surface area contributed by atoms with E-state index in [1.807, 2.05) is 37.5 Å². The average molecular weight is 950 g/mol. The van der Waals surface area contributed by atoms with Crippen LogP contribution in [-0.2, 0) is 29.9 Å². The minimum Gasteiger partial charge on any atom is -0.494 e. The van der Waals surface area contributed by atoms with Crippen LogP contribution < -0.4 is 4.90 Å². The van der Waals surface area contributed by atoms with Gasteiger partial charge in [-0.3, -0.25) is 4.98 Å². The summed E-state index contributed by atoms with van der Waals surface area (Å²) in [4.78, 5) is 27.1. The third-order valence-corrected chi connectivity index (χ3v) is 15.8. The van der Waals surface area contributed by atoms with Crippen molar-refractivity contribution in [3.8, 4) is 11.1 Å². The molecule has 0 aliphatic carbocycles. The number of rotatable bonds is 18. The number of pyridine rings is 1. The number of aromatic nitrogens is 4. The van der Waals surface area contributed by atoms with Crippen LogP contribution in [0, 0.1) is 0 Å². The number of fused-ring (bicyclic) bond motifs is 3. The van der Waals surface area contributed by atoms with E-state index in [4.69, 9.17) is 29.0 Å². The standard InChI is InChI=1S/C45H70F3N7O6SSi2/c1-15-60-30(2)37-38(32-24-33-17-18-34(25-32)54(33)42(56)61-43(3,4)5)51-40-35(31-16-19-36(49-26-31)39(45(46,47)48)52-62(57)44(6,7)8)27-50-55(40)41(37)53(28-58-20-22-63(9,10)11)29-59-21-23-64(12,13)14/h16,19,26-27,32-34H,2,15,17-18,20-25,28-29H2,1,3-14H3/t32?,33-,34+,62?. The smallest absolute Gasteiger partial charge is 0.436 e. The van der Waals surface area contributed by atoms with Crippen molar-refractivity contribution in [3.63, 3.8) is 0 Å². The van der Waals surface area contributed by atoms with Crippen molar-refractivity contribution in [1.29, 1.82) is 0 Å². The maximum absolute atomic E-state index is 14.4. The summed E-state index contributed by atoms with van der Waals surface area (Å²) >= 11 is 0. The third kappa shape index (κ3) is 13.2. The van der Waals surface area contributed by atoms with E-state index in [1.54, 1.807) is 31.5 Å². The fourth-order valence-corrected chi connectivity index (χ4v) is 9.89. The van der Waals surface area contributed by atoms with Crippen molar-refractivity contribution in [2.24, 2.45) is 4.40 Å². The summed E-state index contributed by atoms with van der Waals surface area (Å²) in [5.41, 5.74) is 0.343. The molecule has 2 aliphatic rings. The lowest BCUT2D eigenvalue weighted by Gasteiger charge is -2.40. The summed E-state index contributed by atoms with van der Waals surface area (Å²) in [5, 5.41) is 4.89. The van der Waals surface area contributed by atoms with Gasteiger partial charge < -0.3 is 28.7 Å². The van der Waals surface area contributed by atoms with Gasteiger partial charge in [-0.25, -0.2) is 14.0 Å². The van der Waals surface area contributed by atoms with Crippen molar-refractivity contribution in [1.82, 2.24) is 24.5 Å². The van der Waals surface area contributed by atoms with Crippen molar-refractivity contribution in [2.45, 2.75) is 160 Å². The number of nitrogens with zero attached hydrogens (tertiary/aromatic N) is 7. The van der Waals surface area contributed by atoms with Crippen LogP contribution in [0.4, 0.5) is 23.8 Å². The molecule has 356 valence electrons. The Hall–Kier alpha value is -3.66. The summed E-state index contributed by atoms with van der Waals surface area (Å²) in [6, 6.07) is 4.48. The van der Waals surface area contributed by atoms with Crippen LogP contribution in [0.2, 0.25) is 51.4 Å². The molecule has 19 heteroatoms. The minimum absolute atomic E-state index is 0.0857. The average Bonchev–Trinajstić information content (AvgIpc) is 3.70. The van der Waals surface area contributed by atoms with E-state index < -0.39 is 55.1 Å². The Morgan fingerprint density at radius 1 is 0.938 bits per heavy atom. The zero-order valence-corrected chi connectivity index (χ0v) is 43.0.